The van der Waals surface area contributed by atoms with E-state index in [-0.39, 0.29) is 29.8 Å². The quantitative estimate of drug-likeness (QED) is 0.0959. The first-order valence-electron chi connectivity index (χ1n) is 13.9. The van der Waals surface area contributed by atoms with Crippen LogP contribution in [-0.4, -0.2) is 23.7 Å². The zero-order chi connectivity index (χ0) is 31.3. The highest BCUT2D eigenvalue weighted by molar-refractivity contribution is 8.00. The highest BCUT2D eigenvalue weighted by Gasteiger charge is 2.35. The van der Waals surface area contributed by atoms with Gasteiger partial charge in [-0.2, -0.15) is 13.2 Å². The number of carbonyl (C=O) groups is 1. The van der Waals surface area contributed by atoms with Crippen molar-refractivity contribution in [3.05, 3.63) is 111 Å². The molecule has 0 aliphatic carbocycles. The standard InChI is InChI=1S/C34H35F4NO3S/c1-6-28-30(35)15-26(16-31(28)43-20-33(40)41-5)25-9-7-24(8-10-25)17-39(18-27-11-12-32(42-27)34(36,37)38)19-29-22(3)13-21(2)14-23(29)4/h7-16H,6,17-20H2,1-5H3. The Morgan fingerprint density at radius 2 is 1.56 bits per heavy atom. The molecule has 0 N–H and O–H groups in total. The molecule has 0 saturated heterocycles. The highest BCUT2D eigenvalue weighted by Crippen LogP contribution is 2.33. The molecule has 0 radical (unpaired) electrons. The lowest BCUT2D eigenvalue weighted by atomic mass is 9.98. The smallest absolute Gasteiger partial charge is 0.449 e. The van der Waals surface area contributed by atoms with Crippen molar-refractivity contribution in [2.45, 2.75) is 64.8 Å². The minimum atomic E-state index is -4.55. The maximum atomic E-state index is 15.0. The van der Waals surface area contributed by atoms with E-state index in [0.29, 0.717) is 35.5 Å². The summed E-state index contributed by atoms with van der Waals surface area (Å²) in [7, 11) is 1.32. The van der Waals surface area contributed by atoms with E-state index in [4.69, 9.17) is 9.15 Å². The molecule has 0 fully saturated rings. The number of aryl methyl sites for hydroxylation is 3. The minimum Gasteiger partial charge on any atom is -0.468 e. The largest absolute Gasteiger partial charge is 0.468 e. The van der Waals surface area contributed by atoms with Crippen molar-refractivity contribution >= 4 is 17.7 Å². The number of methoxy groups -OCH3 is 1. The number of rotatable bonds is 11. The monoisotopic (exact) mass is 613 g/mol. The van der Waals surface area contributed by atoms with Gasteiger partial charge < -0.3 is 9.15 Å². The van der Waals surface area contributed by atoms with Gasteiger partial charge in [-0.25, -0.2) is 4.39 Å². The Morgan fingerprint density at radius 3 is 2.14 bits per heavy atom. The fourth-order valence-electron chi connectivity index (χ4n) is 5.19. The number of alkyl halides is 3. The molecule has 3 aromatic carbocycles. The maximum absolute atomic E-state index is 15.0. The van der Waals surface area contributed by atoms with Crippen LogP contribution in [0.4, 0.5) is 17.6 Å². The Bertz CT molecular complexity index is 1550. The number of ether oxygens (including phenoxy) is 1. The summed E-state index contributed by atoms with van der Waals surface area (Å²) in [4.78, 5) is 14.4. The van der Waals surface area contributed by atoms with Crippen LogP contribution in [-0.2, 0) is 41.8 Å². The summed E-state index contributed by atoms with van der Waals surface area (Å²) >= 11 is 1.25. The van der Waals surface area contributed by atoms with Gasteiger partial charge in [0.1, 0.15) is 11.6 Å². The highest BCUT2D eigenvalue weighted by atomic mass is 32.2. The zero-order valence-corrected chi connectivity index (χ0v) is 25.7. The van der Waals surface area contributed by atoms with Crippen LogP contribution in [0.5, 0.6) is 0 Å². The van der Waals surface area contributed by atoms with Gasteiger partial charge in [0.05, 0.1) is 19.4 Å². The molecular weight excluding hydrogens is 578 g/mol. The Balaban J connectivity index is 1.60. The third-order valence-electron chi connectivity index (χ3n) is 7.32. The molecule has 0 saturated carbocycles. The third-order valence-corrected chi connectivity index (χ3v) is 8.37. The molecule has 0 aliphatic heterocycles. The van der Waals surface area contributed by atoms with Gasteiger partial charge in [0.2, 0.25) is 5.76 Å². The number of furan rings is 1. The van der Waals surface area contributed by atoms with Gasteiger partial charge in [-0.05, 0) is 84.8 Å². The van der Waals surface area contributed by atoms with Crippen molar-refractivity contribution in [2.24, 2.45) is 0 Å². The first-order valence-corrected chi connectivity index (χ1v) is 14.9. The molecule has 0 amide bonds. The van der Waals surface area contributed by atoms with Crippen molar-refractivity contribution in [3.8, 4) is 11.1 Å². The fourth-order valence-corrected chi connectivity index (χ4v) is 6.21. The van der Waals surface area contributed by atoms with Gasteiger partial charge in [-0.15, -0.1) is 11.8 Å². The molecule has 9 heteroatoms. The molecule has 0 bridgehead atoms. The predicted molar refractivity (Wildman–Crippen MR) is 161 cm³/mol. The van der Waals surface area contributed by atoms with Gasteiger partial charge in [0, 0.05) is 23.5 Å². The maximum Gasteiger partial charge on any atom is 0.449 e. The van der Waals surface area contributed by atoms with E-state index in [9.17, 15) is 18.0 Å². The lowest BCUT2D eigenvalue weighted by molar-refractivity contribution is -0.153. The Morgan fingerprint density at radius 1 is 0.884 bits per heavy atom. The summed E-state index contributed by atoms with van der Waals surface area (Å²) in [5.41, 5.74) is 7.50. The second kappa shape index (κ2) is 13.8. The minimum absolute atomic E-state index is 0.0846. The van der Waals surface area contributed by atoms with Crippen molar-refractivity contribution < 1.29 is 31.5 Å². The van der Waals surface area contributed by atoms with E-state index >= 15 is 4.39 Å². The summed E-state index contributed by atoms with van der Waals surface area (Å²) in [5.74, 6) is -1.41. The van der Waals surface area contributed by atoms with Crippen LogP contribution >= 0.6 is 11.8 Å². The van der Waals surface area contributed by atoms with Gasteiger partial charge >= 0.3 is 12.1 Å². The number of carbonyl (C=O) groups excluding carboxylic acids is 1. The second-order valence-electron chi connectivity index (χ2n) is 10.6. The molecule has 43 heavy (non-hydrogen) atoms. The predicted octanol–water partition coefficient (Wildman–Crippen LogP) is 9.06. The molecule has 0 unspecified atom stereocenters. The summed E-state index contributed by atoms with van der Waals surface area (Å²) in [6.45, 7) is 9.15. The number of thioether (sulfide) groups is 1. The molecule has 1 heterocycles. The second-order valence-corrected chi connectivity index (χ2v) is 11.7. The number of halogens is 4. The molecule has 0 atom stereocenters. The van der Waals surface area contributed by atoms with E-state index < -0.39 is 11.9 Å². The Kier molecular flexibility index (Phi) is 10.4. The normalized spacial score (nSPS) is 11.8. The van der Waals surface area contributed by atoms with Gasteiger partial charge in [-0.3, -0.25) is 9.69 Å². The van der Waals surface area contributed by atoms with E-state index in [0.717, 1.165) is 39.4 Å². The molecule has 4 rings (SSSR count). The van der Waals surface area contributed by atoms with Crippen molar-refractivity contribution in [3.63, 3.8) is 0 Å². The van der Waals surface area contributed by atoms with E-state index in [1.165, 1.54) is 31.0 Å². The summed E-state index contributed by atoms with van der Waals surface area (Å²) < 4.78 is 64.5. The molecule has 1 aromatic heterocycles. The van der Waals surface area contributed by atoms with Crippen LogP contribution in [0.2, 0.25) is 0 Å². The van der Waals surface area contributed by atoms with Crippen LogP contribution in [0.25, 0.3) is 11.1 Å². The van der Waals surface area contributed by atoms with E-state index in [1.807, 2.05) is 58.0 Å². The molecule has 0 spiro atoms. The van der Waals surface area contributed by atoms with Crippen molar-refractivity contribution in [1.29, 1.82) is 0 Å². The topological polar surface area (TPSA) is 42.7 Å². The SMILES string of the molecule is CCc1c(F)cc(-c2ccc(CN(Cc3ccc(C(F)(F)F)o3)Cc3c(C)cc(C)cc3C)cc2)cc1SCC(=O)OC. The van der Waals surface area contributed by atoms with Gasteiger partial charge in [0.15, 0.2) is 0 Å². The fraction of sp³-hybridized carbons (Fsp3) is 0.324. The Labute approximate surface area is 254 Å². The average molecular weight is 614 g/mol. The van der Waals surface area contributed by atoms with Crippen LogP contribution in [0.1, 0.15) is 51.8 Å². The molecular formula is C34H35F4NO3S. The zero-order valence-electron chi connectivity index (χ0n) is 24.9. The lowest BCUT2D eigenvalue weighted by Gasteiger charge is -2.24. The van der Waals surface area contributed by atoms with Crippen LogP contribution in [0.15, 0.2) is 70.0 Å². The molecule has 228 valence electrons. The summed E-state index contributed by atoms with van der Waals surface area (Å²) in [6.07, 6.45) is -4.06. The van der Waals surface area contributed by atoms with Crippen LogP contribution < -0.4 is 0 Å². The van der Waals surface area contributed by atoms with Gasteiger partial charge in [-0.1, -0.05) is 48.9 Å². The molecule has 4 nitrogen and oxygen atoms in total. The molecule has 4 aromatic rings. The third kappa shape index (κ3) is 8.30. The number of benzene rings is 3. The first-order chi connectivity index (χ1) is 20.4. The van der Waals surface area contributed by atoms with E-state index in [2.05, 4.69) is 17.0 Å². The van der Waals surface area contributed by atoms with Gasteiger partial charge in [0.25, 0.3) is 0 Å². The summed E-state index contributed by atoms with van der Waals surface area (Å²) in [6, 6.07) is 17.6. The van der Waals surface area contributed by atoms with E-state index in [1.54, 1.807) is 0 Å². The Hall–Kier alpha value is -3.56. The lowest BCUT2D eigenvalue weighted by Crippen LogP contribution is -2.23. The average Bonchev–Trinajstić information content (AvgIpc) is 3.43. The van der Waals surface area contributed by atoms with Crippen molar-refractivity contribution in [2.75, 3.05) is 12.9 Å². The number of nitrogens with zero attached hydrogens (tertiary/aromatic N) is 1. The number of esters is 1. The number of hydrogen-bond donors (Lipinski definition) is 0. The van der Waals surface area contributed by atoms with Crippen molar-refractivity contribution in [1.82, 2.24) is 4.90 Å². The summed E-state index contributed by atoms with van der Waals surface area (Å²) in [5, 5.41) is 0. The first kappa shape index (κ1) is 32.4. The van der Waals surface area contributed by atoms with Crippen LogP contribution in [0, 0.1) is 26.6 Å². The van der Waals surface area contributed by atoms with Crippen LogP contribution in [0.3, 0.4) is 0 Å². The number of hydrogen-bond acceptors (Lipinski definition) is 5. The molecule has 0 aliphatic rings.